The van der Waals surface area contributed by atoms with E-state index >= 15 is 0 Å². The minimum absolute atomic E-state index is 0.389. The lowest BCUT2D eigenvalue weighted by Gasteiger charge is -2.28. The van der Waals surface area contributed by atoms with Gasteiger partial charge < -0.3 is 0 Å². The third kappa shape index (κ3) is 2.28. The zero-order valence-corrected chi connectivity index (χ0v) is 10.8. The molecular weight excluding hydrogens is 216 g/mol. The fourth-order valence-corrected chi connectivity index (χ4v) is 3.54. The maximum atomic E-state index is 8.78. The van der Waals surface area contributed by atoms with E-state index in [2.05, 4.69) is 36.9 Å². The van der Waals surface area contributed by atoms with Gasteiger partial charge in [0.15, 0.2) is 0 Å². The molecule has 86 valence electrons. The van der Waals surface area contributed by atoms with Crippen molar-refractivity contribution in [1.29, 1.82) is 5.26 Å². The van der Waals surface area contributed by atoms with Gasteiger partial charge in [-0.1, -0.05) is 0 Å². The predicted octanol–water partition coefficient (Wildman–Crippen LogP) is 3.50. The van der Waals surface area contributed by atoms with Gasteiger partial charge in [-0.05, 0) is 45.4 Å². The van der Waals surface area contributed by atoms with Gasteiger partial charge in [0, 0.05) is 21.8 Å². The minimum atomic E-state index is 0.389. The summed E-state index contributed by atoms with van der Waals surface area (Å²) in [6, 6.07) is 7.68. The molecule has 1 fully saturated rings. The highest BCUT2D eigenvalue weighted by atomic mass is 32.1. The Hall–Kier alpha value is -0.850. The molecule has 2 nitrogen and oxygen atoms in total. The number of rotatable bonds is 3. The van der Waals surface area contributed by atoms with E-state index in [-0.39, 0.29) is 0 Å². The van der Waals surface area contributed by atoms with Crippen molar-refractivity contribution in [2.24, 2.45) is 0 Å². The van der Waals surface area contributed by atoms with Crippen molar-refractivity contribution >= 4 is 11.3 Å². The summed E-state index contributed by atoms with van der Waals surface area (Å²) >= 11 is 1.90. The Bertz CT molecular complexity index is 391. The normalized spacial score (nSPS) is 23.2. The SMILES string of the molecule is Cc1ccc([C@H]2CCCN2[C@H](C)CC#N)s1. The van der Waals surface area contributed by atoms with E-state index in [1.807, 2.05) is 11.3 Å². The van der Waals surface area contributed by atoms with Crippen molar-refractivity contribution < 1.29 is 0 Å². The molecule has 0 N–H and O–H groups in total. The number of aryl methyl sites for hydroxylation is 1. The van der Waals surface area contributed by atoms with Crippen LogP contribution in [0.2, 0.25) is 0 Å². The maximum absolute atomic E-state index is 8.78. The van der Waals surface area contributed by atoms with Crippen LogP contribution in [0, 0.1) is 18.3 Å². The third-order valence-corrected chi connectivity index (χ3v) is 4.44. The fraction of sp³-hybridized carbons (Fsp3) is 0.615. The topological polar surface area (TPSA) is 27.0 Å². The van der Waals surface area contributed by atoms with Crippen LogP contribution in [0.3, 0.4) is 0 Å². The van der Waals surface area contributed by atoms with Gasteiger partial charge in [-0.3, -0.25) is 4.90 Å². The van der Waals surface area contributed by atoms with Gasteiger partial charge in [0.1, 0.15) is 0 Å². The molecule has 1 aliphatic rings. The van der Waals surface area contributed by atoms with E-state index in [4.69, 9.17) is 5.26 Å². The summed E-state index contributed by atoms with van der Waals surface area (Å²) in [6.45, 7) is 5.47. The van der Waals surface area contributed by atoms with Crippen molar-refractivity contribution in [3.05, 3.63) is 21.9 Å². The molecule has 0 aliphatic carbocycles. The molecule has 1 saturated heterocycles. The second-order valence-corrected chi connectivity index (χ2v) is 5.88. The highest BCUT2D eigenvalue weighted by Gasteiger charge is 2.30. The molecule has 0 aromatic carbocycles. The molecule has 0 amide bonds. The van der Waals surface area contributed by atoms with Crippen LogP contribution in [0.5, 0.6) is 0 Å². The van der Waals surface area contributed by atoms with E-state index in [9.17, 15) is 0 Å². The first-order valence-electron chi connectivity index (χ1n) is 5.91. The van der Waals surface area contributed by atoms with Crippen LogP contribution in [0.15, 0.2) is 12.1 Å². The Labute approximate surface area is 102 Å². The molecule has 2 atom stereocenters. The average Bonchev–Trinajstić information content (AvgIpc) is 2.85. The second kappa shape index (κ2) is 4.99. The first kappa shape index (κ1) is 11.6. The van der Waals surface area contributed by atoms with E-state index in [1.54, 1.807) is 0 Å². The number of nitriles is 1. The van der Waals surface area contributed by atoms with Crippen LogP contribution < -0.4 is 0 Å². The fourth-order valence-electron chi connectivity index (χ4n) is 2.50. The van der Waals surface area contributed by atoms with Crippen LogP contribution in [0.4, 0.5) is 0 Å². The van der Waals surface area contributed by atoms with Crippen molar-refractivity contribution in [1.82, 2.24) is 4.90 Å². The number of nitrogens with zero attached hydrogens (tertiary/aromatic N) is 2. The monoisotopic (exact) mass is 234 g/mol. The van der Waals surface area contributed by atoms with Crippen LogP contribution in [0.25, 0.3) is 0 Å². The number of thiophene rings is 1. The lowest BCUT2D eigenvalue weighted by molar-refractivity contribution is 0.197. The highest BCUT2D eigenvalue weighted by Crippen LogP contribution is 2.37. The number of hydrogen-bond acceptors (Lipinski definition) is 3. The summed E-state index contributed by atoms with van der Waals surface area (Å²) in [5.41, 5.74) is 0. The minimum Gasteiger partial charge on any atom is -0.292 e. The van der Waals surface area contributed by atoms with Gasteiger partial charge >= 0.3 is 0 Å². The Morgan fingerprint density at radius 2 is 2.44 bits per heavy atom. The average molecular weight is 234 g/mol. The molecule has 0 unspecified atom stereocenters. The van der Waals surface area contributed by atoms with Gasteiger partial charge in [0.2, 0.25) is 0 Å². The van der Waals surface area contributed by atoms with Crippen molar-refractivity contribution in [2.45, 2.75) is 45.2 Å². The molecule has 1 aromatic rings. The molecule has 0 saturated carbocycles. The van der Waals surface area contributed by atoms with Crippen LogP contribution in [-0.4, -0.2) is 17.5 Å². The lowest BCUT2D eigenvalue weighted by atomic mass is 10.1. The van der Waals surface area contributed by atoms with Gasteiger partial charge in [0.25, 0.3) is 0 Å². The van der Waals surface area contributed by atoms with Crippen molar-refractivity contribution in [2.75, 3.05) is 6.54 Å². The predicted molar refractivity (Wildman–Crippen MR) is 67.4 cm³/mol. The van der Waals surface area contributed by atoms with Gasteiger partial charge in [0.05, 0.1) is 12.5 Å². The molecular formula is C13H18N2S. The van der Waals surface area contributed by atoms with E-state index in [1.165, 1.54) is 22.6 Å². The second-order valence-electron chi connectivity index (χ2n) is 4.56. The summed E-state index contributed by atoms with van der Waals surface area (Å²) in [7, 11) is 0. The Morgan fingerprint density at radius 1 is 1.62 bits per heavy atom. The molecule has 1 aliphatic heterocycles. The van der Waals surface area contributed by atoms with E-state index in [0.29, 0.717) is 18.5 Å². The zero-order chi connectivity index (χ0) is 11.5. The summed E-state index contributed by atoms with van der Waals surface area (Å²) in [4.78, 5) is 5.35. The van der Waals surface area contributed by atoms with Crippen molar-refractivity contribution in [3.8, 4) is 6.07 Å². The van der Waals surface area contributed by atoms with Gasteiger partial charge in [-0.2, -0.15) is 5.26 Å². The molecule has 2 rings (SSSR count). The maximum Gasteiger partial charge on any atom is 0.0638 e. The zero-order valence-electron chi connectivity index (χ0n) is 9.94. The Kier molecular flexibility index (Phi) is 3.63. The first-order valence-corrected chi connectivity index (χ1v) is 6.73. The van der Waals surface area contributed by atoms with E-state index in [0.717, 1.165) is 6.54 Å². The molecule has 0 radical (unpaired) electrons. The third-order valence-electron chi connectivity index (χ3n) is 3.34. The van der Waals surface area contributed by atoms with Crippen LogP contribution in [-0.2, 0) is 0 Å². The summed E-state index contributed by atoms with van der Waals surface area (Å²) in [5, 5.41) is 8.78. The molecule has 0 spiro atoms. The summed E-state index contributed by atoms with van der Waals surface area (Å²) < 4.78 is 0. The molecule has 1 aromatic heterocycles. The Morgan fingerprint density at radius 3 is 3.06 bits per heavy atom. The van der Waals surface area contributed by atoms with Crippen LogP contribution >= 0.6 is 11.3 Å². The standard InChI is InChI=1S/C13H18N2S/c1-10(7-8-14)15-9-3-4-12(15)13-6-5-11(2)16-13/h5-6,10,12H,3-4,7,9H2,1-2H3/t10-,12-/m1/s1. The number of hydrogen-bond donors (Lipinski definition) is 0. The summed E-state index contributed by atoms with van der Waals surface area (Å²) in [5.74, 6) is 0. The van der Waals surface area contributed by atoms with Gasteiger partial charge in [-0.25, -0.2) is 0 Å². The molecule has 3 heteroatoms. The van der Waals surface area contributed by atoms with Gasteiger partial charge in [-0.15, -0.1) is 11.3 Å². The quantitative estimate of drug-likeness (QED) is 0.800. The smallest absolute Gasteiger partial charge is 0.0638 e. The van der Waals surface area contributed by atoms with Crippen molar-refractivity contribution in [3.63, 3.8) is 0 Å². The largest absolute Gasteiger partial charge is 0.292 e. The molecule has 2 heterocycles. The lowest BCUT2D eigenvalue weighted by Crippen LogP contribution is -2.31. The van der Waals surface area contributed by atoms with Crippen LogP contribution in [0.1, 0.15) is 42.0 Å². The summed E-state index contributed by atoms with van der Waals surface area (Å²) in [6.07, 6.45) is 3.15. The molecule has 16 heavy (non-hydrogen) atoms. The Balaban J connectivity index is 2.12. The first-order chi connectivity index (χ1) is 7.72. The number of likely N-dealkylation sites (tertiary alicyclic amines) is 1. The molecule has 0 bridgehead atoms. The highest BCUT2D eigenvalue weighted by molar-refractivity contribution is 7.12. The van der Waals surface area contributed by atoms with E-state index < -0.39 is 0 Å².